The van der Waals surface area contributed by atoms with Gasteiger partial charge in [0.05, 0.1) is 12.9 Å². The van der Waals surface area contributed by atoms with Crippen molar-refractivity contribution in [3.8, 4) is 0 Å². The lowest BCUT2D eigenvalue weighted by molar-refractivity contribution is 0.0506. The zero-order chi connectivity index (χ0) is 10.8. The molecular weight excluding hydrogens is 213 g/mol. The SMILES string of the molecule is CCOC(=O)c1nc(C2CC2)nn1CP. The summed E-state index contributed by atoms with van der Waals surface area (Å²) in [7, 11) is 2.53. The van der Waals surface area contributed by atoms with Crippen molar-refractivity contribution in [2.75, 3.05) is 6.61 Å². The van der Waals surface area contributed by atoms with Gasteiger partial charge >= 0.3 is 5.97 Å². The first kappa shape index (κ1) is 10.6. The summed E-state index contributed by atoms with van der Waals surface area (Å²) in [6, 6.07) is 0. The van der Waals surface area contributed by atoms with E-state index in [4.69, 9.17) is 4.74 Å². The number of aromatic nitrogens is 3. The van der Waals surface area contributed by atoms with Crippen molar-refractivity contribution < 1.29 is 9.53 Å². The number of ether oxygens (including phenoxy) is 1. The molecule has 6 heteroatoms. The minimum atomic E-state index is -0.389. The van der Waals surface area contributed by atoms with E-state index in [1.807, 2.05) is 0 Å². The van der Waals surface area contributed by atoms with Crippen molar-refractivity contribution in [1.29, 1.82) is 0 Å². The van der Waals surface area contributed by atoms with E-state index in [0.717, 1.165) is 18.7 Å². The summed E-state index contributed by atoms with van der Waals surface area (Å²) in [6.45, 7) is 2.14. The van der Waals surface area contributed by atoms with Gasteiger partial charge in [-0.25, -0.2) is 14.5 Å². The lowest BCUT2D eigenvalue weighted by Crippen LogP contribution is -2.12. The van der Waals surface area contributed by atoms with E-state index in [2.05, 4.69) is 19.3 Å². The predicted octanol–water partition coefficient (Wildman–Crippen LogP) is 1.16. The van der Waals surface area contributed by atoms with Gasteiger partial charge in [0.2, 0.25) is 5.82 Å². The number of carbonyl (C=O) groups is 1. The lowest BCUT2D eigenvalue weighted by Gasteiger charge is -2.00. The summed E-state index contributed by atoms with van der Waals surface area (Å²) in [4.78, 5) is 15.8. The number of hydrogen-bond acceptors (Lipinski definition) is 4. The van der Waals surface area contributed by atoms with Crippen LogP contribution in [-0.4, -0.2) is 27.3 Å². The Hall–Kier alpha value is -0.960. The second kappa shape index (κ2) is 4.27. The summed E-state index contributed by atoms with van der Waals surface area (Å²) in [5.41, 5.74) is 0. The molecule has 0 radical (unpaired) electrons. The molecule has 15 heavy (non-hydrogen) atoms. The van der Waals surface area contributed by atoms with Crippen LogP contribution in [0, 0.1) is 0 Å². The maximum absolute atomic E-state index is 11.5. The predicted molar refractivity (Wildman–Crippen MR) is 57.7 cm³/mol. The minimum Gasteiger partial charge on any atom is -0.460 e. The van der Waals surface area contributed by atoms with Crippen molar-refractivity contribution in [2.24, 2.45) is 0 Å². The molecule has 0 N–H and O–H groups in total. The number of esters is 1. The van der Waals surface area contributed by atoms with Crippen molar-refractivity contribution in [3.05, 3.63) is 11.6 Å². The van der Waals surface area contributed by atoms with Gasteiger partial charge in [0.15, 0.2) is 5.82 Å². The molecule has 1 heterocycles. The van der Waals surface area contributed by atoms with Gasteiger partial charge in [0, 0.05) is 5.92 Å². The van der Waals surface area contributed by atoms with Gasteiger partial charge < -0.3 is 4.74 Å². The molecule has 1 aromatic rings. The van der Waals surface area contributed by atoms with E-state index in [-0.39, 0.29) is 5.97 Å². The van der Waals surface area contributed by atoms with E-state index in [1.54, 1.807) is 11.6 Å². The molecule has 2 rings (SSSR count). The van der Waals surface area contributed by atoms with Crippen molar-refractivity contribution in [1.82, 2.24) is 14.8 Å². The highest BCUT2D eigenvalue weighted by atomic mass is 31.0. The quantitative estimate of drug-likeness (QED) is 0.572. The van der Waals surface area contributed by atoms with Crippen LogP contribution < -0.4 is 0 Å². The minimum absolute atomic E-state index is 0.314. The Balaban J connectivity index is 2.23. The van der Waals surface area contributed by atoms with Crippen LogP contribution in [0.3, 0.4) is 0 Å². The molecule has 0 spiro atoms. The fourth-order valence-corrected chi connectivity index (χ4v) is 1.60. The summed E-state index contributed by atoms with van der Waals surface area (Å²) in [6.07, 6.45) is 2.82. The van der Waals surface area contributed by atoms with Crippen molar-refractivity contribution in [3.63, 3.8) is 0 Å². The maximum atomic E-state index is 11.5. The molecule has 1 aliphatic carbocycles. The molecule has 0 amide bonds. The second-order valence-corrected chi connectivity index (χ2v) is 3.84. The van der Waals surface area contributed by atoms with Gasteiger partial charge in [-0.05, 0) is 19.8 Å². The number of nitrogens with zero attached hydrogens (tertiary/aromatic N) is 3. The summed E-state index contributed by atoms with van der Waals surface area (Å²) in [5.74, 6) is 1.16. The molecule has 1 saturated carbocycles. The zero-order valence-corrected chi connectivity index (χ0v) is 9.80. The average Bonchev–Trinajstić information content (AvgIpc) is 2.98. The molecule has 1 unspecified atom stereocenters. The summed E-state index contributed by atoms with van der Waals surface area (Å²) < 4.78 is 6.49. The third kappa shape index (κ3) is 2.17. The highest BCUT2D eigenvalue weighted by Crippen LogP contribution is 2.38. The zero-order valence-electron chi connectivity index (χ0n) is 8.64. The average molecular weight is 227 g/mol. The second-order valence-electron chi connectivity index (χ2n) is 3.47. The highest BCUT2D eigenvalue weighted by molar-refractivity contribution is 7.15. The molecule has 0 aromatic carbocycles. The molecule has 1 aliphatic rings. The smallest absolute Gasteiger partial charge is 0.376 e. The fraction of sp³-hybridized carbons (Fsp3) is 0.667. The Morgan fingerprint density at radius 2 is 2.40 bits per heavy atom. The normalized spacial score (nSPS) is 15.3. The monoisotopic (exact) mass is 227 g/mol. The first-order chi connectivity index (χ1) is 7.26. The van der Waals surface area contributed by atoms with Crippen LogP contribution in [0.1, 0.15) is 42.1 Å². The van der Waals surface area contributed by atoms with E-state index < -0.39 is 0 Å². The Bertz CT molecular complexity index is 373. The first-order valence-electron chi connectivity index (χ1n) is 5.08. The van der Waals surface area contributed by atoms with Crippen molar-refractivity contribution >= 4 is 15.2 Å². The number of hydrogen-bond donors (Lipinski definition) is 0. The Labute approximate surface area is 90.4 Å². The number of rotatable bonds is 4. The van der Waals surface area contributed by atoms with Crippen LogP contribution in [-0.2, 0) is 11.0 Å². The molecule has 1 atom stereocenters. The van der Waals surface area contributed by atoms with Crippen LogP contribution in [0.2, 0.25) is 0 Å². The van der Waals surface area contributed by atoms with E-state index in [0.29, 0.717) is 24.6 Å². The molecule has 82 valence electrons. The van der Waals surface area contributed by atoms with E-state index in [1.165, 1.54) is 0 Å². The van der Waals surface area contributed by atoms with Crippen LogP contribution in [0.5, 0.6) is 0 Å². The van der Waals surface area contributed by atoms with Gasteiger partial charge in [-0.1, -0.05) is 0 Å². The molecular formula is C9H14N3O2P. The molecule has 0 saturated heterocycles. The highest BCUT2D eigenvalue weighted by Gasteiger charge is 2.30. The molecule has 1 fully saturated rings. The van der Waals surface area contributed by atoms with Crippen LogP contribution in [0.4, 0.5) is 0 Å². The molecule has 0 bridgehead atoms. The first-order valence-corrected chi connectivity index (χ1v) is 5.89. The number of carbonyl (C=O) groups excluding carboxylic acids is 1. The molecule has 5 nitrogen and oxygen atoms in total. The van der Waals surface area contributed by atoms with Gasteiger partial charge in [-0.2, -0.15) is 5.10 Å². The molecule has 1 aromatic heterocycles. The molecule has 0 aliphatic heterocycles. The van der Waals surface area contributed by atoms with E-state index in [9.17, 15) is 4.79 Å². The van der Waals surface area contributed by atoms with Crippen LogP contribution in [0.25, 0.3) is 0 Å². The van der Waals surface area contributed by atoms with Gasteiger partial charge in [0.1, 0.15) is 0 Å². The standard InChI is InChI=1S/C9H14N3O2P/c1-2-14-9(13)8-10-7(6-3-4-6)11-12(8)5-15/h6H,2-5,15H2,1H3. The largest absolute Gasteiger partial charge is 0.460 e. The maximum Gasteiger partial charge on any atom is 0.376 e. The Kier molecular flexibility index (Phi) is 3.00. The van der Waals surface area contributed by atoms with E-state index >= 15 is 0 Å². The Morgan fingerprint density at radius 3 is 2.93 bits per heavy atom. The van der Waals surface area contributed by atoms with Gasteiger partial charge in [-0.15, -0.1) is 9.24 Å². The third-order valence-electron chi connectivity index (χ3n) is 2.26. The Morgan fingerprint density at radius 1 is 1.67 bits per heavy atom. The third-order valence-corrected chi connectivity index (χ3v) is 2.61. The topological polar surface area (TPSA) is 57.0 Å². The van der Waals surface area contributed by atoms with Crippen LogP contribution >= 0.6 is 9.24 Å². The summed E-state index contributed by atoms with van der Waals surface area (Å²) in [5, 5.41) is 4.28. The van der Waals surface area contributed by atoms with Gasteiger partial charge in [0.25, 0.3) is 0 Å². The lowest BCUT2D eigenvalue weighted by atomic mass is 10.4. The van der Waals surface area contributed by atoms with Crippen LogP contribution in [0.15, 0.2) is 0 Å². The van der Waals surface area contributed by atoms with Crippen molar-refractivity contribution in [2.45, 2.75) is 32.0 Å². The summed E-state index contributed by atoms with van der Waals surface area (Å²) >= 11 is 0. The van der Waals surface area contributed by atoms with Gasteiger partial charge in [-0.3, -0.25) is 0 Å². The fourth-order valence-electron chi connectivity index (χ4n) is 1.35.